The first kappa shape index (κ1) is 19.6. The highest BCUT2D eigenvalue weighted by Crippen LogP contribution is 2.21. The Morgan fingerprint density at radius 1 is 1.18 bits per heavy atom. The average Bonchev–Trinajstić information content (AvgIpc) is 2.67. The zero-order chi connectivity index (χ0) is 20.1. The largest absolute Gasteiger partial charge is 0.508 e. The zero-order valence-electron chi connectivity index (χ0n) is 15.9. The number of hydrogen-bond donors (Lipinski definition) is 4. The Kier molecular flexibility index (Phi) is 6.08. The Hall–Kier alpha value is -3.16. The van der Waals surface area contributed by atoms with E-state index in [1.807, 2.05) is 6.92 Å². The smallest absolute Gasteiger partial charge is 0.315 e. The summed E-state index contributed by atoms with van der Waals surface area (Å²) < 4.78 is 0. The molecule has 1 heterocycles. The lowest BCUT2D eigenvalue weighted by Gasteiger charge is -2.18. The Morgan fingerprint density at radius 2 is 1.89 bits per heavy atom. The first-order valence-corrected chi connectivity index (χ1v) is 9.39. The normalized spacial score (nSPS) is 14.0. The number of hydrogen-bond acceptors (Lipinski definition) is 5. The van der Waals surface area contributed by atoms with Gasteiger partial charge in [-0.1, -0.05) is 12.1 Å². The number of nitrogens with two attached hydrogens (primary N) is 1. The van der Waals surface area contributed by atoms with Crippen molar-refractivity contribution < 1.29 is 14.7 Å². The Bertz CT molecular complexity index is 867. The Labute approximate surface area is 163 Å². The van der Waals surface area contributed by atoms with Gasteiger partial charge in [-0.3, -0.25) is 4.79 Å². The van der Waals surface area contributed by atoms with Crippen LogP contribution in [-0.2, 0) is 30.6 Å². The molecule has 0 bridgehead atoms. The standard InChI is InChI=1S/C20H25N5O3/c1-12-15-4-2-3-5-16(15)24-18(23-12)11-22-20(28)25-17(19(21)27)10-13-6-8-14(26)9-7-13/h6-9,17,26H,2-5,10-11H2,1H3,(H2,21,27)(H2,22,25,28)/t17-/m0/s1. The third-order valence-corrected chi connectivity index (χ3v) is 4.87. The minimum absolute atomic E-state index is 0.130. The Balaban J connectivity index is 1.58. The lowest BCUT2D eigenvalue weighted by Crippen LogP contribution is -2.49. The van der Waals surface area contributed by atoms with Crippen LogP contribution >= 0.6 is 0 Å². The predicted molar refractivity (Wildman–Crippen MR) is 104 cm³/mol. The maximum atomic E-state index is 12.2. The lowest BCUT2D eigenvalue weighted by molar-refractivity contribution is -0.119. The molecule has 3 amide bonds. The van der Waals surface area contributed by atoms with E-state index in [9.17, 15) is 14.7 Å². The van der Waals surface area contributed by atoms with Gasteiger partial charge in [0.25, 0.3) is 0 Å². The van der Waals surface area contributed by atoms with Crippen LogP contribution in [0.4, 0.5) is 4.79 Å². The number of carbonyl (C=O) groups is 2. The summed E-state index contributed by atoms with van der Waals surface area (Å²) in [6, 6.07) is 5.01. The summed E-state index contributed by atoms with van der Waals surface area (Å²) in [5.74, 6) is 0.0528. The van der Waals surface area contributed by atoms with Gasteiger partial charge in [0.15, 0.2) is 0 Å². The highest BCUT2D eigenvalue weighted by atomic mass is 16.3. The van der Waals surface area contributed by atoms with Crippen LogP contribution in [0.5, 0.6) is 5.75 Å². The van der Waals surface area contributed by atoms with Crippen molar-refractivity contribution >= 4 is 11.9 Å². The fraction of sp³-hybridized carbons (Fsp3) is 0.400. The van der Waals surface area contributed by atoms with E-state index in [1.54, 1.807) is 12.1 Å². The second-order valence-electron chi connectivity index (χ2n) is 7.01. The molecule has 1 aromatic heterocycles. The highest BCUT2D eigenvalue weighted by molar-refractivity contribution is 5.86. The number of nitrogens with zero attached hydrogens (tertiary/aromatic N) is 2. The monoisotopic (exact) mass is 383 g/mol. The van der Waals surface area contributed by atoms with E-state index < -0.39 is 18.0 Å². The first-order valence-electron chi connectivity index (χ1n) is 9.39. The van der Waals surface area contributed by atoms with E-state index in [1.165, 1.54) is 17.7 Å². The highest BCUT2D eigenvalue weighted by Gasteiger charge is 2.19. The Morgan fingerprint density at radius 3 is 2.61 bits per heavy atom. The molecule has 1 aliphatic carbocycles. The number of phenols is 1. The van der Waals surface area contributed by atoms with Gasteiger partial charge in [0.1, 0.15) is 17.6 Å². The molecular formula is C20H25N5O3. The maximum Gasteiger partial charge on any atom is 0.315 e. The van der Waals surface area contributed by atoms with Gasteiger partial charge in [0.2, 0.25) is 5.91 Å². The number of aromatic nitrogens is 2. The van der Waals surface area contributed by atoms with E-state index in [-0.39, 0.29) is 18.7 Å². The number of phenolic OH excluding ortho intramolecular Hbond substituents is 1. The topological polar surface area (TPSA) is 130 Å². The zero-order valence-corrected chi connectivity index (χ0v) is 15.9. The van der Waals surface area contributed by atoms with Crippen LogP contribution in [0, 0.1) is 6.92 Å². The van der Waals surface area contributed by atoms with Crippen molar-refractivity contribution in [1.82, 2.24) is 20.6 Å². The summed E-state index contributed by atoms with van der Waals surface area (Å²) in [5, 5.41) is 14.6. The second-order valence-corrected chi connectivity index (χ2v) is 7.01. The van der Waals surface area contributed by atoms with Gasteiger partial charge in [-0.15, -0.1) is 0 Å². The number of aromatic hydroxyl groups is 1. The first-order chi connectivity index (χ1) is 13.4. The molecule has 2 aromatic rings. The summed E-state index contributed by atoms with van der Waals surface area (Å²) in [6.45, 7) is 2.14. The lowest BCUT2D eigenvalue weighted by atomic mass is 9.95. The SMILES string of the molecule is Cc1nc(CNC(=O)N[C@@H](Cc2ccc(O)cc2)C(N)=O)nc2c1CCCC2. The van der Waals surface area contributed by atoms with Crippen molar-refractivity contribution in [2.75, 3.05) is 0 Å². The van der Waals surface area contributed by atoms with Gasteiger partial charge in [0.05, 0.1) is 6.54 Å². The van der Waals surface area contributed by atoms with Gasteiger partial charge in [0, 0.05) is 17.8 Å². The number of primary amides is 1. The van der Waals surface area contributed by atoms with Gasteiger partial charge >= 0.3 is 6.03 Å². The van der Waals surface area contributed by atoms with Crippen molar-refractivity contribution in [3.05, 3.63) is 52.6 Å². The molecule has 148 valence electrons. The summed E-state index contributed by atoms with van der Waals surface area (Å²) in [4.78, 5) is 33.0. The number of amides is 3. The van der Waals surface area contributed by atoms with E-state index in [0.29, 0.717) is 5.82 Å². The van der Waals surface area contributed by atoms with Gasteiger partial charge < -0.3 is 21.5 Å². The van der Waals surface area contributed by atoms with Gasteiger partial charge in [-0.2, -0.15) is 0 Å². The fourth-order valence-corrected chi connectivity index (χ4v) is 3.38. The molecule has 0 saturated heterocycles. The number of rotatable bonds is 6. The molecule has 3 rings (SSSR count). The van der Waals surface area contributed by atoms with Crippen LogP contribution in [0.15, 0.2) is 24.3 Å². The number of carbonyl (C=O) groups excluding carboxylic acids is 2. The van der Waals surface area contributed by atoms with E-state index in [0.717, 1.165) is 42.6 Å². The fourth-order valence-electron chi connectivity index (χ4n) is 3.38. The molecule has 0 aliphatic heterocycles. The van der Waals surface area contributed by atoms with Crippen LogP contribution in [0.2, 0.25) is 0 Å². The molecule has 0 unspecified atom stereocenters. The van der Waals surface area contributed by atoms with Crippen LogP contribution in [0.3, 0.4) is 0 Å². The summed E-state index contributed by atoms with van der Waals surface area (Å²) >= 11 is 0. The van der Waals surface area contributed by atoms with Crippen molar-refractivity contribution in [3.63, 3.8) is 0 Å². The molecule has 28 heavy (non-hydrogen) atoms. The molecule has 0 fully saturated rings. The number of benzene rings is 1. The molecule has 0 saturated carbocycles. The molecular weight excluding hydrogens is 358 g/mol. The minimum atomic E-state index is -0.865. The second kappa shape index (κ2) is 8.69. The van der Waals surface area contributed by atoms with Crippen molar-refractivity contribution in [1.29, 1.82) is 0 Å². The summed E-state index contributed by atoms with van der Waals surface area (Å²) in [6.07, 6.45) is 4.46. The van der Waals surface area contributed by atoms with E-state index >= 15 is 0 Å². The quantitative estimate of drug-likeness (QED) is 0.597. The third-order valence-electron chi connectivity index (χ3n) is 4.87. The number of nitrogens with one attached hydrogen (secondary N) is 2. The van der Waals surface area contributed by atoms with Gasteiger partial charge in [-0.25, -0.2) is 14.8 Å². The van der Waals surface area contributed by atoms with E-state index in [2.05, 4.69) is 20.6 Å². The molecule has 1 aliphatic rings. The molecule has 0 radical (unpaired) electrons. The molecule has 0 spiro atoms. The summed E-state index contributed by atoms with van der Waals surface area (Å²) in [7, 11) is 0. The predicted octanol–water partition coefficient (Wildman–Crippen LogP) is 1.27. The molecule has 1 atom stereocenters. The molecule has 8 heteroatoms. The number of aryl methyl sites for hydroxylation is 2. The molecule has 1 aromatic carbocycles. The number of fused-ring (bicyclic) bond motifs is 1. The summed E-state index contributed by atoms with van der Waals surface area (Å²) in [5.41, 5.74) is 9.44. The van der Waals surface area contributed by atoms with Crippen LogP contribution in [0.1, 0.15) is 41.2 Å². The third kappa shape index (κ3) is 4.97. The van der Waals surface area contributed by atoms with Crippen molar-refractivity contribution in [2.24, 2.45) is 5.73 Å². The molecule has 8 nitrogen and oxygen atoms in total. The van der Waals surface area contributed by atoms with E-state index in [4.69, 9.17) is 5.73 Å². The van der Waals surface area contributed by atoms with Crippen molar-refractivity contribution in [3.8, 4) is 5.75 Å². The number of urea groups is 1. The maximum absolute atomic E-state index is 12.2. The average molecular weight is 383 g/mol. The van der Waals surface area contributed by atoms with Crippen LogP contribution in [0.25, 0.3) is 0 Å². The van der Waals surface area contributed by atoms with Crippen molar-refractivity contribution in [2.45, 2.75) is 51.6 Å². The van der Waals surface area contributed by atoms with Gasteiger partial charge in [-0.05, 0) is 55.9 Å². The van der Waals surface area contributed by atoms with Crippen LogP contribution < -0.4 is 16.4 Å². The van der Waals surface area contributed by atoms with Crippen LogP contribution in [-0.4, -0.2) is 33.1 Å². The molecule has 5 N–H and O–H groups in total. The minimum Gasteiger partial charge on any atom is -0.508 e.